The van der Waals surface area contributed by atoms with Gasteiger partial charge in [0.05, 0.1) is 0 Å². The van der Waals surface area contributed by atoms with Gasteiger partial charge in [-0.1, -0.05) is 0 Å². The van der Waals surface area contributed by atoms with Crippen molar-refractivity contribution in [2.45, 2.75) is 38.4 Å². The van der Waals surface area contributed by atoms with Gasteiger partial charge in [-0.15, -0.1) is 0 Å². The second-order valence-corrected chi connectivity index (χ2v) is 2.89. The molecule has 0 saturated heterocycles. The number of rotatable bonds is 5. The van der Waals surface area contributed by atoms with Gasteiger partial charge < -0.3 is 25.2 Å². The lowest BCUT2D eigenvalue weighted by atomic mass is 10.1. The molecule has 0 aromatic carbocycles. The fraction of sp³-hybridized carbons (Fsp3) is 1.00. The molecule has 5 heteroatoms. The average molecular weight is 180 g/mol. The summed E-state index contributed by atoms with van der Waals surface area (Å²) in [6, 6.07) is 0. The highest BCUT2D eigenvalue weighted by Crippen LogP contribution is 2.16. The highest BCUT2D eigenvalue weighted by molar-refractivity contribution is 4.60. The zero-order valence-corrected chi connectivity index (χ0v) is 7.32. The van der Waals surface area contributed by atoms with E-state index in [-0.39, 0.29) is 19.4 Å². The van der Waals surface area contributed by atoms with E-state index >= 15 is 0 Å². The minimum Gasteiger partial charge on any atom is -0.366 e. The lowest BCUT2D eigenvalue weighted by Gasteiger charge is -2.24. The van der Waals surface area contributed by atoms with Gasteiger partial charge in [-0.2, -0.15) is 0 Å². The van der Waals surface area contributed by atoms with Crippen LogP contribution in [-0.4, -0.2) is 38.8 Å². The molecule has 0 amide bonds. The van der Waals surface area contributed by atoms with Gasteiger partial charge >= 0.3 is 0 Å². The fourth-order valence-electron chi connectivity index (χ4n) is 0.703. The van der Waals surface area contributed by atoms with E-state index in [1.54, 1.807) is 6.92 Å². The van der Waals surface area contributed by atoms with Crippen LogP contribution in [0.4, 0.5) is 0 Å². The maximum atomic E-state index is 8.99. The van der Waals surface area contributed by atoms with Crippen LogP contribution in [0.3, 0.4) is 0 Å². The van der Waals surface area contributed by atoms with Gasteiger partial charge in [0.25, 0.3) is 5.97 Å². The first kappa shape index (κ1) is 11.8. The largest absolute Gasteiger partial charge is 0.366 e. The van der Waals surface area contributed by atoms with Crippen molar-refractivity contribution in [2.75, 3.05) is 6.61 Å². The molecule has 5 nitrogen and oxygen atoms in total. The predicted octanol–water partition coefficient (Wildman–Crippen LogP) is -0.858. The van der Waals surface area contributed by atoms with Crippen molar-refractivity contribution in [3.63, 3.8) is 0 Å². The Kier molecular flexibility index (Phi) is 4.09. The van der Waals surface area contributed by atoms with Gasteiger partial charge in [0.1, 0.15) is 0 Å². The maximum Gasteiger partial charge on any atom is 0.277 e. The monoisotopic (exact) mass is 180 g/mol. The second kappa shape index (κ2) is 4.15. The topological polar surface area (TPSA) is 90.2 Å². The van der Waals surface area contributed by atoms with Gasteiger partial charge in [-0.3, -0.25) is 0 Å². The highest BCUT2D eigenvalue weighted by atomic mass is 16.8. The highest BCUT2D eigenvalue weighted by Gasteiger charge is 2.27. The van der Waals surface area contributed by atoms with Crippen LogP contribution < -0.4 is 0 Å². The summed E-state index contributed by atoms with van der Waals surface area (Å²) in [5.41, 5.74) is 0. The van der Waals surface area contributed by atoms with Crippen molar-refractivity contribution >= 4 is 0 Å². The molecule has 0 saturated carbocycles. The van der Waals surface area contributed by atoms with Crippen molar-refractivity contribution in [3.8, 4) is 0 Å². The summed E-state index contributed by atoms with van der Waals surface area (Å²) < 4.78 is 4.51. The van der Waals surface area contributed by atoms with Gasteiger partial charge in [-0.25, -0.2) is 0 Å². The molecule has 4 N–H and O–H groups in total. The van der Waals surface area contributed by atoms with E-state index in [0.717, 1.165) is 6.92 Å². The summed E-state index contributed by atoms with van der Waals surface area (Å²) in [5.74, 6) is -4.16. The third-order valence-corrected chi connectivity index (χ3v) is 1.30. The first-order chi connectivity index (χ1) is 5.27. The molecule has 0 spiro atoms. The molecular weight excluding hydrogens is 164 g/mol. The molecule has 0 rings (SSSR count). The van der Waals surface area contributed by atoms with Gasteiger partial charge in [0, 0.05) is 19.4 Å². The Labute approximate surface area is 71.2 Å². The van der Waals surface area contributed by atoms with Crippen LogP contribution in [0.25, 0.3) is 0 Å². The molecule has 0 heterocycles. The van der Waals surface area contributed by atoms with Crippen molar-refractivity contribution in [2.24, 2.45) is 0 Å². The number of hydrogen-bond donors (Lipinski definition) is 4. The van der Waals surface area contributed by atoms with E-state index in [0.29, 0.717) is 0 Å². The molecule has 0 aromatic heterocycles. The molecule has 0 unspecified atom stereocenters. The lowest BCUT2D eigenvalue weighted by molar-refractivity contribution is -0.345. The maximum absolute atomic E-state index is 8.99. The third kappa shape index (κ3) is 6.51. The standard InChI is InChI=1S/C7H16O5/c1-3-12-7(10,11)5-4-6(2,8)9/h8-11H,3-5H2,1-2H3. The van der Waals surface area contributed by atoms with Gasteiger partial charge in [0.15, 0.2) is 5.79 Å². The Balaban J connectivity index is 3.75. The molecule has 0 fully saturated rings. The molecule has 0 bridgehead atoms. The SMILES string of the molecule is CCOC(O)(O)CCC(C)(O)O. The third-order valence-electron chi connectivity index (χ3n) is 1.30. The summed E-state index contributed by atoms with van der Waals surface area (Å²) in [6.45, 7) is 2.92. The Hall–Kier alpha value is -0.200. The zero-order valence-electron chi connectivity index (χ0n) is 7.32. The van der Waals surface area contributed by atoms with Gasteiger partial charge in [0.2, 0.25) is 0 Å². The summed E-state index contributed by atoms with van der Waals surface area (Å²) in [5, 5.41) is 35.6. The van der Waals surface area contributed by atoms with Crippen LogP contribution in [0.2, 0.25) is 0 Å². The molecule has 74 valence electrons. The van der Waals surface area contributed by atoms with Crippen molar-refractivity contribution in [3.05, 3.63) is 0 Å². The van der Waals surface area contributed by atoms with Crippen molar-refractivity contribution in [1.82, 2.24) is 0 Å². The molecule has 0 aliphatic carbocycles. The Morgan fingerprint density at radius 1 is 1.08 bits per heavy atom. The lowest BCUT2D eigenvalue weighted by Crippen LogP contribution is -2.35. The summed E-state index contributed by atoms with van der Waals surface area (Å²) in [4.78, 5) is 0. The Bertz CT molecular complexity index is 126. The van der Waals surface area contributed by atoms with E-state index in [4.69, 9.17) is 20.4 Å². The molecule has 0 aliphatic rings. The first-order valence-electron chi connectivity index (χ1n) is 3.80. The Morgan fingerprint density at radius 2 is 1.58 bits per heavy atom. The van der Waals surface area contributed by atoms with Crippen molar-refractivity contribution < 1.29 is 25.2 Å². The minimum atomic E-state index is -2.26. The molecule has 0 atom stereocenters. The van der Waals surface area contributed by atoms with E-state index in [1.807, 2.05) is 0 Å². The quantitative estimate of drug-likeness (QED) is 0.413. The van der Waals surface area contributed by atoms with Crippen molar-refractivity contribution in [1.29, 1.82) is 0 Å². The Morgan fingerprint density at radius 3 is 1.92 bits per heavy atom. The molecule has 0 aromatic rings. The fourth-order valence-corrected chi connectivity index (χ4v) is 0.703. The van der Waals surface area contributed by atoms with E-state index in [2.05, 4.69) is 4.74 Å². The van der Waals surface area contributed by atoms with Crippen LogP contribution >= 0.6 is 0 Å². The smallest absolute Gasteiger partial charge is 0.277 e. The van der Waals surface area contributed by atoms with Gasteiger partial charge in [-0.05, 0) is 13.8 Å². The zero-order chi connectivity index (χ0) is 9.83. The van der Waals surface area contributed by atoms with Crippen LogP contribution in [-0.2, 0) is 4.74 Å². The summed E-state index contributed by atoms with van der Waals surface area (Å²) >= 11 is 0. The van der Waals surface area contributed by atoms with E-state index < -0.39 is 11.8 Å². The average Bonchev–Trinajstić information content (AvgIpc) is 1.83. The molecule has 12 heavy (non-hydrogen) atoms. The molecule has 0 aliphatic heterocycles. The molecular formula is C7H16O5. The second-order valence-electron chi connectivity index (χ2n) is 2.89. The van der Waals surface area contributed by atoms with Crippen LogP contribution in [0.15, 0.2) is 0 Å². The summed E-state index contributed by atoms with van der Waals surface area (Å²) in [7, 11) is 0. The van der Waals surface area contributed by atoms with Crippen LogP contribution in [0.1, 0.15) is 26.7 Å². The van der Waals surface area contributed by atoms with E-state index in [9.17, 15) is 0 Å². The normalized spacial score (nSPS) is 13.5. The first-order valence-corrected chi connectivity index (χ1v) is 3.80. The summed E-state index contributed by atoms with van der Waals surface area (Å²) in [6.07, 6.45) is -0.412. The van der Waals surface area contributed by atoms with E-state index in [1.165, 1.54) is 0 Å². The van der Waals surface area contributed by atoms with Crippen LogP contribution in [0, 0.1) is 0 Å². The predicted molar refractivity (Wildman–Crippen MR) is 40.9 cm³/mol. The number of aliphatic hydroxyl groups is 4. The molecule has 0 radical (unpaired) electrons. The number of hydrogen-bond acceptors (Lipinski definition) is 5. The van der Waals surface area contributed by atoms with Crippen LogP contribution in [0.5, 0.6) is 0 Å². The minimum absolute atomic E-state index is 0.153. The number of ether oxygens (including phenoxy) is 1.